The van der Waals surface area contributed by atoms with Gasteiger partial charge in [-0.05, 0) is 60.9 Å². The van der Waals surface area contributed by atoms with Gasteiger partial charge in [0.05, 0.1) is 13.3 Å². The molecule has 8 nitrogen and oxygen atoms in total. The third kappa shape index (κ3) is 4.38. The number of hydrazone groups is 1. The molecule has 0 saturated carbocycles. The highest BCUT2D eigenvalue weighted by Gasteiger charge is 2.09. The molecule has 2 heterocycles. The van der Waals surface area contributed by atoms with Crippen molar-refractivity contribution in [2.75, 3.05) is 12.5 Å². The predicted molar refractivity (Wildman–Crippen MR) is 134 cm³/mol. The summed E-state index contributed by atoms with van der Waals surface area (Å²) in [6.07, 6.45) is 1.66. The minimum atomic E-state index is 0.303. The van der Waals surface area contributed by atoms with Gasteiger partial charge >= 0.3 is 0 Å². The normalized spacial score (nSPS) is 11.4. The first-order chi connectivity index (χ1) is 16.6. The summed E-state index contributed by atoms with van der Waals surface area (Å²) in [5.74, 6) is 1.60. The average Bonchev–Trinajstić information content (AvgIpc) is 3.21. The Labute approximate surface area is 196 Å². The van der Waals surface area contributed by atoms with Gasteiger partial charge in [-0.3, -0.25) is 0 Å². The quantitative estimate of drug-likeness (QED) is 0.262. The van der Waals surface area contributed by atoms with Gasteiger partial charge < -0.3 is 14.5 Å². The number of aromatic nitrogens is 4. The number of anilines is 1. The third-order valence-electron chi connectivity index (χ3n) is 5.58. The summed E-state index contributed by atoms with van der Waals surface area (Å²) in [6.45, 7) is 4.58. The average molecular weight is 453 g/mol. The molecule has 0 bridgehead atoms. The minimum absolute atomic E-state index is 0.303. The van der Waals surface area contributed by atoms with E-state index in [2.05, 4.69) is 55.8 Å². The highest BCUT2D eigenvalue weighted by molar-refractivity contribution is 6.03. The molecule has 0 amide bonds. The Bertz CT molecular complexity index is 1510. The van der Waals surface area contributed by atoms with Crippen LogP contribution in [-0.2, 0) is 6.61 Å². The van der Waals surface area contributed by atoms with Crippen LogP contribution in [0.25, 0.3) is 22.1 Å². The molecule has 0 fully saturated rings. The van der Waals surface area contributed by atoms with Crippen LogP contribution in [0.1, 0.15) is 22.3 Å². The van der Waals surface area contributed by atoms with Gasteiger partial charge in [0.2, 0.25) is 0 Å². The Balaban J connectivity index is 1.28. The second-order valence-corrected chi connectivity index (χ2v) is 8.00. The van der Waals surface area contributed by atoms with Gasteiger partial charge in [0, 0.05) is 10.9 Å². The number of methoxy groups -OCH3 is 1. The van der Waals surface area contributed by atoms with E-state index in [1.807, 2.05) is 49.4 Å². The fraction of sp³-hybridized carbons (Fsp3) is 0.154. The van der Waals surface area contributed by atoms with Crippen molar-refractivity contribution >= 4 is 34.2 Å². The molecule has 170 valence electrons. The number of benzene rings is 3. The minimum Gasteiger partial charge on any atom is -0.493 e. The van der Waals surface area contributed by atoms with Crippen molar-refractivity contribution in [3.8, 4) is 11.5 Å². The molecule has 8 heteroatoms. The maximum absolute atomic E-state index is 5.98. The maximum atomic E-state index is 5.98. The lowest BCUT2D eigenvalue weighted by Crippen LogP contribution is -2.01. The van der Waals surface area contributed by atoms with E-state index >= 15 is 0 Å². The number of nitrogens with one attached hydrogen (secondary N) is 2. The summed E-state index contributed by atoms with van der Waals surface area (Å²) >= 11 is 0. The van der Waals surface area contributed by atoms with Crippen LogP contribution >= 0.6 is 0 Å². The molecule has 0 saturated heterocycles. The molecule has 0 atom stereocenters. The smallest absolute Gasteiger partial charge is 0.265 e. The van der Waals surface area contributed by atoms with Gasteiger partial charge in [-0.1, -0.05) is 35.9 Å². The fourth-order valence-corrected chi connectivity index (χ4v) is 3.71. The highest BCUT2D eigenvalue weighted by atomic mass is 16.5. The molecule has 0 unspecified atom stereocenters. The summed E-state index contributed by atoms with van der Waals surface area (Å²) in [6, 6.07) is 19.9. The second kappa shape index (κ2) is 9.19. The van der Waals surface area contributed by atoms with Crippen molar-refractivity contribution < 1.29 is 9.47 Å². The van der Waals surface area contributed by atoms with Crippen LogP contribution in [0.5, 0.6) is 11.5 Å². The van der Waals surface area contributed by atoms with E-state index in [1.165, 1.54) is 5.56 Å². The second-order valence-electron chi connectivity index (χ2n) is 8.00. The maximum Gasteiger partial charge on any atom is 0.265 e. The number of rotatable bonds is 7. The highest BCUT2D eigenvalue weighted by Crippen LogP contribution is 2.29. The number of fused-ring (bicyclic) bond motifs is 3. The zero-order valence-corrected chi connectivity index (χ0v) is 19.2. The molecule has 34 heavy (non-hydrogen) atoms. The molecule has 2 aromatic heterocycles. The first kappa shape index (κ1) is 21.4. The molecule has 3 aromatic carbocycles. The lowest BCUT2D eigenvalue weighted by Gasteiger charge is -2.12. The Morgan fingerprint density at radius 3 is 2.74 bits per heavy atom. The van der Waals surface area contributed by atoms with E-state index in [-0.39, 0.29) is 0 Å². The van der Waals surface area contributed by atoms with Gasteiger partial charge in [-0.2, -0.15) is 10.1 Å². The van der Waals surface area contributed by atoms with Gasteiger partial charge in [0.25, 0.3) is 5.95 Å². The first-order valence-electron chi connectivity index (χ1n) is 10.9. The number of aromatic amines is 1. The molecule has 0 aliphatic carbocycles. The van der Waals surface area contributed by atoms with Gasteiger partial charge in [-0.15, -0.1) is 10.2 Å². The standard InChI is InChI=1S/C26H24N6O2/c1-16-8-10-21-20(12-16)24-25(28-21)29-26(32-30-24)31-27-14-18-9-11-22(23(13-18)33-3)34-15-19-7-5-4-6-17(19)2/h4-14H,15H2,1-3H3,(H2,28,29,31,32)/b27-14+. The van der Waals surface area contributed by atoms with E-state index in [0.29, 0.717) is 29.7 Å². The summed E-state index contributed by atoms with van der Waals surface area (Å²) in [4.78, 5) is 7.75. The molecule has 0 radical (unpaired) electrons. The fourth-order valence-electron chi connectivity index (χ4n) is 3.71. The van der Waals surface area contributed by atoms with Gasteiger partial charge in [-0.25, -0.2) is 5.43 Å². The van der Waals surface area contributed by atoms with Crippen LogP contribution in [0, 0.1) is 13.8 Å². The number of H-pyrrole nitrogens is 1. The van der Waals surface area contributed by atoms with Crippen LogP contribution < -0.4 is 14.9 Å². The van der Waals surface area contributed by atoms with E-state index in [4.69, 9.17) is 9.47 Å². The molecular formula is C26H24N6O2. The van der Waals surface area contributed by atoms with Crippen molar-refractivity contribution in [2.24, 2.45) is 5.10 Å². The molecule has 0 spiro atoms. The number of aryl methyl sites for hydroxylation is 2. The molecule has 0 aliphatic rings. The van der Waals surface area contributed by atoms with Crippen molar-refractivity contribution in [3.05, 3.63) is 82.9 Å². The third-order valence-corrected chi connectivity index (χ3v) is 5.58. The predicted octanol–water partition coefficient (Wildman–Crippen LogP) is 5.16. The SMILES string of the molecule is COc1cc(/C=N/Nc2nnc3c(n2)[nH]c2ccc(C)cc23)ccc1OCc1ccccc1C. The van der Waals surface area contributed by atoms with E-state index in [0.717, 1.165) is 33.1 Å². The number of ether oxygens (including phenoxy) is 2. The first-order valence-corrected chi connectivity index (χ1v) is 10.9. The number of hydrogen-bond acceptors (Lipinski definition) is 7. The van der Waals surface area contributed by atoms with Crippen LogP contribution in [0.3, 0.4) is 0 Å². The summed E-state index contributed by atoms with van der Waals surface area (Å²) in [5, 5.41) is 13.7. The summed E-state index contributed by atoms with van der Waals surface area (Å²) < 4.78 is 11.5. The van der Waals surface area contributed by atoms with Crippen LogP contribution in [-0.4, -0.2) is 33.5 Å². The van der Waals surface area contributed by atoms with Crippen molar-refractivity contribution in [1.29, 1.82) is 0 Å². The molecule has 5 rings (SSSR count). The van der Waals surface area contributed by atoms with Crippen molar-refractivity contribution in [1.82, 2.24) is 20.2 Å². The van der Waals surface area contributed by atoms with E-state index < -0.39 is 0 Å². The molecular weight excluding hydrogens is 428 g/mol. The Morgan fingerprint density at radius 1 is 1.00 bits per heavy atom. The van der Waals surface area contributed by atoms with Crippen LogP contribution in [0.2, 0.25) is 0 Å². The topological polar surface area (TPSA) is 97.3 Å². The Morgan fingerprint density at radius 2 is 1.88 bits per heavy atom. The van der Waals surface area contributed by atoms with Gasteiger partial charge in [0.1, 0.15) is 12.1 Å². The Kier molecular flexibility index (Phi) is 5.78. The van der Waals surface area contributed by atoms with Crippen LogP contribution in [0.15, 0.2) is 65.8 Å². The van der Waals surface area contributed by atoms with Crippen LogP contribution in [0.4, 0.5) is 5.95 Å². The summed E-state index contributed by atoms with van der Waals surface area (Å²) in [7, 11) is 1.62. The monoisotopic (exact) mass is 452 g/mol. The summed E-state index contributed by atoms with van der Waals surface area (Å²) in [5.41, 5.74) is 9.52. The van der Waals surface area contributed by atoms with Gasteiger partial charge in [0.15, 0.2) is 17.1 Å². The largest absolute Gasteiger partial charge is 0.493 e. The molecule has 5 aromatic rings. The lowest BCUT2D eigenvalue weighted by molar-refractivity contribution is 0.284. The Hall–Kier alpha value is -4.46. The molecule has 2 N–H and O–H groups in total. The van der Waals surface area contributed by atoms with E-state index in [9.17, 15) is 0 Å². The van der Waals surface area contributed by atoms with Crippen molar-refractivity contribution in [2.45, 2.75) is 20.5 Å². The lowest BCUT2D eigenvalue weighted by atomic mass is 10.1. The van der Waals surface area contributed by atoms with Crippen molar-refractivity contribution in [3.63, 3.8) is 0 Å². The zero-order chi connectivity index (χ0) is 23.5. The molecule has 0 aliphatic heterocycles. The number of hydrogen-bond donors (Lipinski definition) is 2. The number of nitrogens with zero attached hydrogens (tertiary/aromatic N) is 4. The zero-order valence-electron chi connectivity index (χ0n) is 19.2. The van der Waals surface area contributed by atoms with E-state index in [1.54, 1.807) is 13.3 Å².